The highest BCUT2D eigenvalue weighted by atomic mass is 14.7. The Kier molecular flexibility index (Phi) is 6.76. The highest BCUT2D eigenvalue weighted by molar-refractivity contribution is 6.24. The zero-order valence-electron chi connectivity index (χ0n) is 26.7. The van der Waals surface area contributed by atoms with E-state index in [1.54, 1.807) is 0 Å². The maximum atomic E-state index is 4.73. The molecule has 220 valence electrons. The molecule has 7 aromatic carbocycles. The monoisotopic (exact) mass is 589 g/mol. The van der Waals surface area contributed by atoms with Crippen molar-refractivity contribution in [1.29, 1.82) is 0 Å². The van der Waals surface area contributed by atoms with Gasteiger partial charge in [-0.2, -0.15) is 0 Å². The van der Waals surface area contributed by atoms with Crippen molar-refractivity contribution in [3.05, 3.63) is 162 Å². The van der Waals surface area contributed by atoms with Crippen LogP contribution in [0.2, 0.25) is 0 Å². The number of aryl methyl sites for hydroxylation is 4. The average Bonchev–Trinajstić information content (AvgIpc) is 3.07. The van der Waals surface area contributed by atoms with Crippen molar-refractivity contribution in [2.24, 2.45) is 0 Å². The van der Waals surface area contributed by atoms with Gasteiger partial charge in [0.15, 0.2) is 0 Å². The van der Waals surface area contributed by atoms with Gasteiger partial charge in [-0.05, 0) is 122 Å². The number of aromatic nitrogens is 1. The van der Waals surface area contributed by atoms with Gasteiger partial charge < -0.3 is 0 Å². The van der Waals surface area contributed by atoms with Crippen molar-refractivity contribution < 1.29 is 0 Å². The Morgan fingerprint density at radius 1 is 0.370 bits per heavy atom. The van der Waals surface area contributed by atoms with E-state index in [-0.39, 0.29) is 0 Å². The van der Waals surface area contributed by atoms with Gasteiger partial charge in [0.05, 0.1) is 5.69 Å². The summed E-state index contributed by atoms with van der Waals surface area (Å²) >= 11 is 0. The number of nitrogens with zero attached hydrogens (tertiary/aromatic N) is 1. The van der Waals surface area contributed by atoms with Crippen molar-refractivity contribution in [3.63, 3.8) is 0 Å². The van der Waals surface area contributed by atoms with Crippen LogP contribution in [0.4, 0.5) is 0 Å². The SMILES string of the molecule is Cc1ccc(-c2cccc(-c3c4ccccc4c(-c4ccc(-c5c(C)cc(C)cc5C)c5ccccc45)c4ccccc34)c2)nc1. The lowest BCUT2D eigenvalue weighted by Crippen LogP contribution is -1.94. The predicted molar refractivity (Wildman–Crippen MR) is 197 cm³/mol. The van der Waals surface area contributed by atoms with Crippen LogP contribution in [-0.4, -0.2) is 4.98 Å². The van der Waals surface area contributed by atoms with Crippen LogP contribution >= 0.6 is 0 Å². The molecule has 0 aliphatic heterocycles. The number of fused-ring (bicyclic) bond motifs is 3. The van der Waals surface area contributed by atoms with Gasteiger partial charge in [0, 0.05) is 11.8 Å². The normalized spacial score (nSPS) is 11.5. The molecule has 0 amide bonds. The van der Waals surface area contributed by atoms with Crippen molar-refractivity contribution >= 4 is 32.3 Å². The van der Waals surface area contributed by atoms with Crippen LogP contribution in [0.15, 0.2) is 140 Å². The van der Waals surface area contributed by atoms with E-state index in [2.05, 4.69) is 161 Å². The molecule has 0 bridgehead atoms. The summed E-state index contributed by atoms with van der Waals surface area (Å²) in [5.74, 6) is 0. The van der Waals surface area contributed by atoms with Crippen molar-refractivity contribution in [1.82, 2.24) is 4.98 Å². The lowest BCUT2D eigenvalue weighted by molar-refractivity contribution is 1.27. The fraction of sp³-hybridized carbons (Fsp3) is 0.0889. The summed E-state index contributed by atoms with van der Waals surface area (Å²) in [5.41, 5.74) is 14.8. The van der Waals surface area contributed by atoms with Gasteiger partial charge in [0.25, 0.3) is 0 Å². The summed E-state index contributed by atoms with van der Waals surface area (Å²) in [7, 11) is 0. The maximum Gasteiger partial charge on any atom is 0.0702 e. The third-order valence-electron chi connectivity index (χ3n) is 9.43. The van der Waals surface area contributed by atoms with Gasteiger partial charge in [0.1, 0.15) is 0 Å². The molecule has 1 heteroatoms. The summed E-state index contributed by atoms with van der Waals surface area (Å²) in [6.45, 7) is 8.73. The van der Waals surface area contributed by atoms with Crippen molar-refractivity contribution in [2.45, 2.75) is 27.7 Å². The lowest BCUT2D eigenvalue weighted by atomic mass is 9.83. The molecule has 1 aromatic heterocycles. The van der Waals surface area contributed by atoms with Crippen LogP contribution in [0.5, 0.6) is 0 Å². The van der Waals surface area contributed by atoms with Crippen LogP contribution in [0.1, 0.15) is 22.3 Å². The van der Waals surface area contributed by atoms with E-state index in [1.165, 1.54) is 82.4 Å². The van der Waals surface area contributed by atoms with Gasteiger partial charge in [-0.15, -0.1) is 0 Å². The highest BCUT2D eigenvalue weighted by Crippen LogP contribution is 2.47. The summed E-state index contributed by atoms with van der Waals surface area (Å²) < 4.78 is 0. The van der Waals surface area contributed by atoms with Gasteiger partial charge in [-0.25, -0.2) is 0 Å². The number of benzene rings is 7. The van der Waals surface area contributed by atoms with Crippen LogP contribution in [-0.2, 0) is 0 Å². The van der Waals surface area contributed by atoms with E-state index in [0.29, 0.717) is 0 Å². The molecule has 0 aliphatic rings. The summed E-state index contributed by atoms with van der Waals surface area (Å²) in [6, 6.07) is 49.2. The molecule has 8 aromatic rings. The zero-order valence-corrected chi connectivity index (χ0v) is 26.7. The molecule has 0 fully saturated rings. The molecule has 0 atom stereocenters. The fourth-order valence-corrected chi connectivity index (χ4v) is 7.54. The smallest absolute Gasteiger partial charge is 0.0702 e. The number of pyridine rings is 1. The topological polar surface area (TPSA) is 12.9 Å². The number of hydrogen-bond acceptors (Lipinski definition) is 1. The molecule has 0 N–H and O–H groups in total. The Balaban J connectivity index is 1.42. The molecular weight excluding hydrogens is 555 g/mol. The molecule has 1 heterocycles. The first-order valence-electron chi connectivity index (χ1n) is 16.0. The number of rotatable bonds is 4. The molecule has 0 unspecified atom stereocenters. The van der Waals surface area contributed by atoms with E-state index in [0.717, 1.165) is 16.8 Å². The lowest BCUT2D eigenvalue weighted by Gasteiger charge is -2.20. The van der Waals surface area contributed by atoms with E-state index >= 15 is 0 Å². The molecule has 0 radical (unpaired) electrons. The van der Waals surface area contributed by atoms with E-state index in [4.69, 9.17) is 4.98 Å². The van der Waals surface area contributed by atoms with Gasteiger partial charge >= 0.3 is 0 Å². The summed E-state index contributed by atoms with van der Waals surface area (Å²) in [6.07, 6.45) is 1.94. The summed E-state index contributed by atoms with van der Waals surface area (Å²) in [4.78, 5) is 4.73. The van der Waals surface area contributed by atoms with Gasteiger partial charge in [0.2, 0.25) is 0 Å². The maximum absolute atomic E-state index is 4.73. The zero-order chi connectivity index (χ0) is 31.4. The first-order valence-corrected chi connectivity index (χ1v) is 16.0. The first-order chi connectivity index (χ1) is 22.5. The standard InChI is InChI=1S/C45H35N/c1-28-20-23-42(46-27-28)32-12-11-13-33(26-32)44-36-16-7-9-18-38(36)45(39-19-10-8-17-37(39)44)41-22-21-40(34-14-5-6-15-35(34)41)43-30(3)24-29(2)25-31(43)4/h5-27H,1-4H3. The van der Waals surface area contributed by atoms with E-state index < -0.39 is 0 Å². The minimum Gasteiger partial charge on any atom is -0.256 e. The fourth-order valence-electron chi connectivity index (χ4n) is 7.54. The second kappa shape index (κ2) is 11.1. The van der Waals surface area contributed by atoms with Gasteiger partial charge in [-0.1, -0.05) is 127 Å². The van der Waals surface area contributed by atoms with E-state index in [9.17, 15) is 0 Å². The average molecular weight is 590 g/mol. The molecule has 0 aliphatic carbocycles. The molecule has 0 saturated heterocycles. The minimum atomic E-state index is 0.989. The first kappa shape index (κ1) is 28.0. The van der Waals surface area contributed by atoms with E-state index in [1.807, 2.05) is 6.20 Å². The molecular formula is C45H35N. The second-order valence-corrected chi connectivity index (χ2v) is 12.6. The molecule has 0 spiro atoms. The highest BCUT2D eigenvalue weighted by Gasteiger charge is 2.20. The summed E-state index contributed by atoms with van der Waals surface area (Å²) in [5, 5.41) is 7.58. The Bertz CT molecular complexity index is 2370. The quantitative estimate of drug-likeness (QED) is 0.186. The van der Waals surface area contributed by atoms with Gasteiger partial charge in [-0.3, -0.25) is 4.98 Å². The van der Waals surface area contributed by atoms with Crippen LogP contribution in [0.25, 0.3) is 77.0 Å². The second-order valence-electron chi connectivity index (χ2n) is 12.6. The van der Waals surface area contributed by atoms with Crippen molar-refractivity contribution in [2.75, 3.05) is 0 Å². The Morgan fingerprint density at radius 3 is 1.41 bits per heavy atom. The molecule has 1 nitrogen and oxygen atoms in total. The van der Waals surface area contributed by atoms with Crippen LogP contribution < -0.4 is 0 Å². The molecule has 46 heavy (non-hydrogen) atoms. The Morgan fingerprint density at radius 2 is 0.870 bits per heavy atom. The number of hydrogen-bond donors (Lipinski definition) is 0. The van der Waals surface area contributed by atoms with Crippen LogP contribution in [0, 0.1) is 27.7 Å². The Labute approximate surface area is 270 Å². The third kappa shape index (κ3) is 4.59. The minimum absolute atomic E-state index is 0.989. The van der Waals surface area contributed by atoms with Crippen LogP contribution in [0.3, 0.4) is 0 Å². The van der Waals surface area contributed by atoms with Crippen molar-refractivity contribution in [3.8, 4) is 44.6 Å². The predicted octanol–water partition coefficient (Wildman–Crippen LogP) is 12.4. The largest absolute Gasteiger partial charge is 0.256 e. The molecule has 8 rings (SSSR count). The molecule has 0 saturated carbocycles. The Hall–Kier alpha value is -5.53. The third-order valence-corrected chi connectivity index (χ3v) is 9.43.